The average molecular weight is 320 g/mol. The summed E-state index contributed by atoms with van der Waals surface area (Å²) in [5.74, 6) is 1.32. The molecule has 0 radical (unpaired) electrons. The fourth-order valence-electron chi connectivity index (χ4n) is 5.92. The molecule has 0 aliphatic heterocycles. The third kappa shape index (κ3) is 2.52. The fourth-order valence-corrected chi connectivity index (χ4v) is 5.92. The number of aliphatic hydroxyl groups excluding tert-OH is 3. The molecule has 3 N–H and O–H groups in total. The Morgan fingerprint density at radius 1 is 1.26 bits per heavy atom. The van der Waals surface area contributed by atoms with Crippen molar-refractivity contribution in [1.29, 1.82) is 0 Å². The van der Waals surface area contributed by atoms with Crippen molar-refractivity contribution < 1.29 is 15.3 Å². The number of fused-ring (bicyclic) bond motifs is 3. The van der Waals surface area contributed by atoms with Gasteiger partial charge in [-0.25, -0.2) is 0 Å². The molecule has 0 saturated heterocycles. The second-order valence-electron chi connectivity index (χ2n) is 8.64. The van der Waals surface area contributed by atoms with E-state index in [1.807, 2.05) is 0 Å². The Labute approximate surface area is 140 Å². The smallest absolute Gasteiger partial charge is 0.0641 e. The van der Waals surface area contributed by atoms with E-state index in [9.17, 15) is 15.3 Å². The molecule has 0 aromatic rings. The molecule has 3 nitrogen and oxygen atoms in total. The van der Waals surface area contributed by atoms with Gasteiger partial charge in [0, 0.05) is 5.41 Å². The number of aliphatic hydroxyl groups is 3. The minimum absolute atomic E-state index is 0.0637. The van der Waals surface area contributed by atoms with E-state index in [1.165, 1.54) is 5.57 Å². The lowest BCUT2D eigenvalue weighted by Gasteiger charge is -2.60. The van der Waals surface area contributed by atoms with Crippen molar-refractivity contribution in [1.82, 2.24) is 0 Å². The zero-order chi connectivity index (χ0) is 16.8. The highest BCUT2D eigenvalue weighted by molar-refractivity contribution is 5.25. The molecule has 3 heteroatoms. The van der Waals surface area contributed by atoms with Crippen molar-refractivity contribution in [3.8, 4) is 0 Å². The third-order valence-corrected chi connectivity index (χ3v) is 7.58. The lowest BCUT2D eigenvalue weighted by atomic mass is 9.45. The summed E-state index contributed by atoms with van der Waals surface area (Å²) in [5, 5.41) is 29.9. The van der Waals surface area contributed by atoms with Crippen LogP contribution in [0.2, 0.25) is 0 Å². The predicted octanol–water partition coefficient (Wildman–Crippen LogP) is 3.06. The van der Waals surface area contributed by atoms with E-state index in [0.29, 0.717) is 17.8 Å². The van der Waals surface area contributed by atoms with E-state index in [1.54, 1.807) is 0 Å². The van der Waals surface area contributed by atoms with Crippen LogP contribution in [-0.4, -0.2) is 34.6 Å². The van der Waals surface area contributed by atoms with Crippen LogP contribution in [0, 0.1) is 28.6 Å². The predicted molar refractivity (Wildman–Crippen MR) is 91.8 cm³/mol. The van der Waals surface area contributed by atoms with Gasteiger partial charge in [-0.3, -0.25) is 0 Å². The Hall–Kier alpha value is -0.640. The summed E-state index contributed by atoms with van der Waals surface area (Å²) in [4.78, 5) is 0. The van der Waals surface area contributed by atoms with Gasteiger partial charge < -0.3 is 15.3 Å². The molecule has 0 bridgehead atoms. The van der Waals surface area contributed by atoms with Crippen molar-refractivity contribution in [3.63, 3.8) is 0 Å². The van der Waals surface area contributed by atoms with E-state index in [2.05, 4.69) is 26.5 Å². The molecule has 0 unspecified atom stereocenters. The zero-order valence-corrected chi connectivity index (χ0v) is 14.6. The van der Waals surface area contributed by atoms with Crippen LogP contribution in [0.25, 0.3) is 0 Å². The molecule has 2 saturated carbocycles. The molecule has 0 spiro atoms. The Balaban J connectivity index is 1.89. The SMILES string of the molecule is C=C(CO)[C@@H]1CC[C@@H]2C(=CC[C@@H]3[C@@](C)(CO)[C@H](O)CC[C@]32C)C1. The van der Waals surface area contributed by atoms with Gasteiger partial charge in [0.05, 0.1) is 19.3 Å². The van der Waals surface area contributed by atoms with Crippen molar-refractivity contribution in [2.45, 2.75) is 58.5 Å². The first-order chi connectivity index (χ1) is 10.9. The second-order valence-corrected chi connectivity index (χ2v) is 8.64. The van der Waals surface area contributed by atoms with Crippen LogP contribution in [0.3, 0.4) is 0 Å². The van der Waals surface area contributed by atoms with Crippen molar-refractivity contribution in [3.05, 3.63) is 23.8 Å². The van der Waals surface area contributed by atoms with Gasteiger partial charge in [-0.2, -0.15) is 0 Å². The first-order valence-electron chi connectivity index (χ1n) is 9.13. The van der Waals surface area contributed by atoms with Crippen LogP contribution < -0.4 is 0 Å². The van der Waals surface area contributed by atoms with E-state index < -0.39 is 6.10 Å². The highest BCUT2D eigenvalue weighted by Crippen LogP contribution is 2.62. The summed E-state index contributed by atoms with van der Waals surface area (Å²) >= 11 is 0. The molecule has 0 heterocycles. The molecular formula is C20H32O3. The van der Waals surface area contributed by atoms with Crippen LogP contribution >= 0.6 is 0 Å². The standard InChI is InChI=1S/C20H32O3/c1-13(11-21)14-4-6-16-15(10-14)5-7-17-19(16,2)9-8-18(23)20(17,3)12-22/h5,14,16-18,21-23H,1,4,6-12H2,2-3H3/t14-,16-,17+,18-,19+,20-/m1/s1. The van der Waals surface area contributed by atoms with E-state index in [4.69, 9.17) is 0 Å². The molecule has 2 fully saturated rings. The highest BCUT2D eigenvalue weighted by atomic mass is 16.3. The van der Waals surface area contributed by atoms with Gasteiger partial charge in [0.25, 0.3) is 0 Å². The topological polar surface area (TPSA) is 60.7 Å². The Kier molecular flexibility index (Phi) is 4.50. The molecule has 23 heavy (non-hydrogen) atoms. The molecule has 6 atom stereocenters. The maximum Gasteiger partial charge on any atom is 0.0641 e. The summed E-state index contributed by atoms with van der Waals surface area (Å²) in [7, 11) is 0. The highest BCUT2D eigenvalue weighted by Gasteiger charge is 2.57. The lowest BCUT2D eigenvalue weighted by Crippen LogP contribution is -2.57. The average Bonchev–Trinajstić information content (AvgIpc) is 2.57. The van der Waals surface area contributed by atoms with Crippen LogP contribution in [0.15, 0.2) is 23.8 Å². The minimum atomic E-state index is -0.397. The molecule has 0 amide bonds. The quantitative estimate of drug-likeness (QED) is 0.700. The number of hydrogen-bond acceptors (Lipinski definition) is 3. The summed E-state index contributed by atoms with van der Waals surface area (Å²) < 4.78 is 0. The summed E-state index contributed by atoms with van der Waals surface area (Å²) in [6.07, 6.45) is 8.04. The minimum Gasteiger partial charge on any atom is -0.396 e. The van der Waals surface area contributed by atoms with Crippen molar-refractivity contribution >= 4 is 0 Å². The normalized spacial score (nSPS) is 46.6. The van der Waals surface area contributed by atoms with Gasteiger partial charge in [0.2, 0.25) is 0 Å². The molecule has 3 aliphatic carbocycles. The monoisotopic (exact) mass is 320 g/mol. The summed E-state index contributed by atoms with van der Waals surface area (Å²) in [6, 6.07) is 0. The van der Waals surface area contributed by atoms with Gasteiger partial charge in [0.15, 0.2) is 0 Å². The Bertz CT molecular complexity index is 511. The summed E-state index contributed by atoms with van der Waals surface area (Å²) in [6.45, 7) is 8.65. The second kappa shape index (κ2) is 6.02. The molecule has 3 aliphatic rings. The van der Waals surface area contributed by atoms with Gasteiger partial charge in [0.1, 0.15) is 0 Å². The van der Waals surface area contributed by atoms with Crippen LogP contribution in [-0.2, 0) is 0 Å². The maximum atomic E-state index is 10.5. The first kappa shape index (κ1) is 17.2. The van der Waals surface area contributed by atoms with Gasteiger partial charge >= 0.3 is 0 Å². The first-order valence-corrected chi connectivity index (χ1v) is 9.13. The Morgan fingerprint density at radius 3 is 2.65 bits per heavy atom. The Morgan fingerprint density at radius 2 is 2.00 bits per heavy atom. The molecule has 3 rings (SSSR count). The molecule has 0 aromatic heterocycles. The van der Waals surface area contributed by atoms with E-state index >= 15 is 0 Å². The molecular weight excluding hydrogens is 288 g/mol. The molecule has 0 aromatic carbocycles. The van der Waals surface area contributed by atoms with Crippen LogP contribution in [0.5, 0.6) is 0 Å². The number of rotatable bonds is 3. The molecule has 130 valence electrons. The largest absolute Gasteiger partial charge is 0.396 e. The third-order valence-electron chi connectivity index (χ3n) is 7.58. The van der Waals surface area contributed by atoms with Crippen LogP contribution in [0.4, 0.5) is 0 Å². The van der Waals surface area contributed by atoms with Gasteiger partial charge in [-0.1, -0.05) is 32.1 Å². The van der Waals surface area contributed by atoms with E-state index in [-0.39, 0.29) is 24.0 Å². The van der Waals surface area contributed by atoms with E-state index in [0.717, 1.165) is 44.1 Å². The van der Waals surface area contributed by atoms with Gasteiger partial charge in [-0.15, -0.1) is 0 Å². The lowest BCUT2D eigenvalue weighted by molar-refractivity contribution is -0.146. The number of hydrogen-bond donors (Lipinski definition) is 3. The van der Waals surface area contributed by atoms with Gasteiger partial charge in [-0.05, 0) is 67.3 Å². The number of allylic oxidation sites excluding steroid dienone is 2. The fraction of sp³-hybridized carbons (Fsp3) is 0.800. The maximum absolute atomic E-state index is 10.5. The summed E-state index contributed by atoms with van der Waals surface area (Å²) in [5.41, 5.74) is 2.29. The van der Waals surface area contributed by atoms with Crippen LogP contribution in [0.1, 0.15) is 52.4 Å². The zero-order valence-electron chi connectivity index (χ0n) is 14.6. The van der Waals surface area contributed by atoms with Crippen molar-refractivity contribution in [2.24, 2.45) is 28.6 Å². The van der Waals surface area contributed by atoms with Crippen molar-refractivity contribution in [2.75, 3.05) is 13.2 Å².